The van der Waals surface area contributed by atoms with E-state index in [0.29, 0.717) is 17.3 Å². The Kier molecular flexibility index (Phi) is 4.39. The predicted molar refractivity (Wildman–Crippen MR) is 88.7 cm³/mol. The zero-order valence-corrected chi connectivity index (χ0v) is 13.3. The molecule has 0 aliphatic rings. The largest absolute Gasteiger partial charge is 0.347 e. The molecule has 0 fully saturated rings. The highest BCUT2D eigenvalue weighted by molar-refractivity contribution is 6.30. The molecular weight excluding hydrogens is 312 g/mol. The van der Waals surface area contributed by atoms with Gasteiger partial charge in [-0.05, 0) is 48.9 Å². The Morgan fingerprint density at radius 3 is 2.74 bits per heavy atom. The Morgan fingerprint density at radius 2 is 2.04 bits per heavy atom. The van der Waals surface area contributed by atoms with Gasteiger partial charge in [-0.15, -0.1) is 0 Å². The normalized spacial score (nSPS) is 10.5. The van der Waals surface area contributed by atoms with Gasteiger partial charge in [0, 0.05) is 29.7 Å². The summed E-state index contributed by atoms with van der Waals surface area (Å²) in [5.74, 6) is -0.218. The van der Waals surface area contributed by atoms with Crippen LogP contribution in [0, 0.1) is 6.92 Å². The molecule has 1 amide bonds. The molecule has 2 heterocycles. The molecule has 1 N–H and O–H groups in total. The molecule has 3 rings (SSSR count). The number of carbonyl (C=O) groups excluding carboxylic acids is 1. The predicted octanol–water partition coefficient (Wildman–Crippen LogP) is 3.16. The quantitative estimate of drug-likeness (QED) is 0.801. The molecule has 3 aromatic rings. The fraction of sp³-hybridized carbons (Fsp3) is 0.118. The fourth-order valence-corrected chi connectivity index (χ4v) is 2.33. The van der Waals surface area contributed by atoms with Crippen molar-refractivity contribution in [3.63, 3.8) is 0 Å². The standard InChI is InChI=1S/C17H15ClN4O/c1-12-9-16(17(23)20-11-13-3-2-8-19-10-13)21-22(12)15-6-4-14(18)5-7-15/h2-10H,11H2,1H3,(H,20,23). The van der Waals surface area contributed by atoms with E-state index in [1.165, 1.54) is 0 Å². The van der Waals surface area contributed by atoms with E-state index in [1.807, 2.05) is 31.2 Å². The molecule has 0 aliphatic heterocycles. The highest BCUT2D eigenvalue weighted by Crippen LogP contribution is 2.15. The molecule has 6 heteroatoms. The molecule has 2 aromatic heterocycles. The fourth-order valence-electron chi connectivity index (χ4n) is 2.20. The van der Waals surface area contributed by atoms with Crippen molar-refractivity contribution in [2.75, 3.05) is 0 Å². The molecule has 1 aromatic carbocycles. The third-order valence-electron chi connectivity index (χ3n) is 3.37. The number of aryl methyl sites for hydroxylation is 1. The number of carbonyl (C=O) groups is 1. The maximum Gasteiger partial charge on any atom is 0.272 e. The summed E-state index contributed by atoms with van der Waals surface area (Å²) in [7, 11) is 0. The second kappa shape index (κ2) is 6.62. The SMILES string of the molecule is Cc1cc(C(=O)NCc2cccnc2)nn1-c1ccc(Cl)cc1. The van der Waals surface area contributed by atoms with Crippen molar-refractivity contribution in [2.24, 2.45) is 0 Å². The zero-order valence-electron chi connectivity index (χ0n) is 12.5. The molecule has 23 heavy (non-hydrogen) atoms. The van der Waals surface area contributed by atoms with Crippen molar-refractivity contribution in [3.8, 4) is 5.69 Å². The number of nitrogens with one attached hydrogen (secondary N) is 1. The highest BCUT2D eigenvalue weighted by atomic mass is 35.5. The topological polar surface area (TPSA) is 59.8 Å². The van der Waals surface area contributed by atoms with Gasteiger partial charge in [-0.1, -0.05) is 17.7 Å². The van der Waals surface area contributed by atoms with Gasteiger partial charge in [0.1, 0.15) is 0 Å². The van der Waals surface area contributed by atoms with E-state index in [1.54, 1.807) is 35.3 Å². The van der Waals surface area contributed by atoms with E-state index in [9.17, 15) is 4.79 Å². The van der Waals surface area contributed by atoms with Crippen LogP contribution >= 0.6 is 11.6 Å². The van der Waals surface area contributed by atoms with Crippen molar-refractivity contribution in [2.45, 2.75) is 13.5 Å². The van der Waals surface area contributed by atoms with Crippen LogP contribution in [0.2, 0.25) is 5.02 Å². The summed E-state index contributed by atoms with van der Waals surface area (Å²) in [5, 5.41) is 7.87. The van der Waals surface area contributed by atoms with Crippen LogP contribution in [0.4, 0.5) is 0 Å². The molecule has 0 bridgehead atoms. The molecule has 0 saturated carbocycles. The minimum Gasteiger partial charge on any atom is -0.347 e. The van der Waals surface area contributed by atoms with Gasteiger partial charge in [-0.25, -0.2) is 4.68 Å². The molecule has 0 aliphatic carbocycles. The molecule has 0 radical (unpaired) electrons. The average Bonchev–Trinajstić information content (AvgIpc) is 2.96. The van der Waals surface area contributed by atoms with Gasteiger partial charge in [-0.3, -0.25) is 9.78 Å². The van der Waals surface area contributed by atoms with Crippen LogP contribution in [-0.4, -0.2) is 20.7 Å². The molecular formula is C17H15ClN4O. The van der Waals surface area contributed by atoms with Gasteiger partial charge in [-0.2, -0.15) is 5.10 Å². The number of hydrogen-bond acceptors (Lipinski definition) is 3. The minimum absolute atomic E-state index is 0.218. The zero-order chi connectivity index (χ0) is 16.2. The molecule has 0 saturated heterocycles. The minimum atomic E-state index is -0.218. The lowest BCUT2D eigenvalue weighted by atomic mass is 10.3. The average molecular weight is 327 g/mol. The van der Waals surface area contributed by atoms with Crippen LogP contribution in [-0.2, 0) is 6.54 Å². The smallest absolute Gasteiger partial charge is 0.272 e. The number of aromatic nitrogens is 3. The maximum atomic E-state index is 12.2. The number of nitrogens with zero attached hydrogens (tertiary/aromatic N) is 3. The van der Waals surface area contributed by atoms with Crippen LogP contribution in [0.15, 0.2) is 54.9 Å². The third kappa shape index (κ3) is 3.57. The molecule has 0 unspecified atom stereocenters. The van der Waals surface area contributed by atoms with Gasteiger partial charge in [0.15, 0.2) is 5.69 Å². The Hall–Kier alpha value is -2.66. The first-order valence-electron chi connectivity index (χ1n) is 7.13. The summed E-state index contributed by atoms with van der Waals surface area (Å²) in [4.78, 5) is 16.3. The van der Waals surface area contributed by atoms with E-state index in [0.717, 1.165) is 16.9 Å². The Bertz CT molecular complexity index is 812. The van der Waals surface area contributed by atoms with Gasteiger partial charge >= 0.3 is 0 Å². The van der Waals surface area contributed by atoms with Crippen molar-refractivity contribution in [1.82, 2.24) is 20.1 Å². The first kappa shape index (κ1) is 15.2. The molecule has 5 nitrogen and oxygen atoms in total. The lowest BCUT2D eigenvalue weighted by molar-refractivity contribution is 0.0945. The second-order valence-corrected chi connectivity index (χ2v) is 5.54. The van der Waals surface area contributed by atoms with E-state index < -0.39 is 0 Å². The summed E-state index contributed by atoms with van der Waals surface area (Å²) in [6.45, 7) is 2.32. The van der Waals surface area contributed by atoms with E-state index >= 15 is 0 Å². The molecule has 0 atom stereocenters. The second-order valence-electron chi connectivity index (χ2n) is 5.10. The Morgan fingerprint density at radius 1 is 1.26 bits per heavy atom. The van der Waals surface area contributed by atoms with E-state index in [4.69, 9.17) is 11.6 Å². The van der Waals surface area contributed by atoms with Gasteiger partial charge < -0.3 is 5.32 Å². The van der Waals surface area contributed by atoms with Crippen molar-refractivity contribution >= 4 is 17.5 Å². The number of pyridine rings is 1. The number of hydrogen-bond donors (Lipinski definition) is 1. The van der Waals surface area contributed by atoms with Gasteiger partial charge in [0.2, 0.25) is 0 Å². The molecule has 0 spiro atoms. The van der Waals surface area contributed by atoms with Crippen molar-refractivity contribution in [3.05, 3.63) is 76.8 Å². The summed E-state index contributed by atoms with van der Waals surface area (Å²) in [5.41, 5.74) is 3.05. The number of rotatable bonds is 4. The van der Waals surface area contributed by atoms with Crippen LogP contribution in [0.25, 0.3) is 5.69 Å². The Balaban J connectivity index is 1.75. The van der Waals surface area contributed by atoms with Crippen LogP contribution < -0.4 is 5.32 Å². The van der Waals surface area contributed by atoms with Gasteiger partial charge in [0.25, 0.3) is 5.91 Å². The van der Waals surface area contributed by atoms with Gasteiger partial charge in [0.05, 0.1) is 5.69 Å². The lowest BCUT2D eigenvalue weighted by Crippen LogP contribution is -2.23. The number of benzene rings is 1. The van der Waals surface area contributed by atoms with Crippen LogP contribution in [0.3, 0.4) is 0 Å². The number of amides is 1. The van der Waals surface area contributed by atoms with Crippen molar-refractivity contribution in [1.29, 1.82) is 0 Å². The van der Waals surface area contributed by atoms with Crippen molar-refractivity contribution < 1.29 is 4.79 Å². The van der Waals surface area contributed by atoms with E-state index in [-0.39, 0.29) is 5.91 Å². The van der Waals surface area contributed by atoms with Crippen LogP contribution in [0.5, 0.6) is 0 Å². The summed E-state index contributed by atoms with van der Waals surface area (Å²) >= 11 is 5.90. The molecule has 116 valence electrons. The summed E-state index contributed by atoms with van der Waals surface area (Å²) in [6.07, 6.45) is 3.42. The monoisotopic (exact) mass is 326 g/mol. The maximum absolute atomic E-state index is 12.2. The lowest BCUT2D eigenvalue weighted by Gasteiger charge is -2.04. The summed E-state index contributed by atoms with van der Waals surface area (Å²) in [6, 6.07) is 12.8. The summed E-state index contributed by atoms with van der Waals surface area (Å²) < 4.78 is 1.72. The third-order valence-corrected chi connectivity index (χ3v) is 3.62. The van der Waals surface area contributed by atoms with Crippen LogP contribution in [0.1, 0.15) is 21.7 Å². The Labute approximate surface area is 138 Å². The first-order valence-corrected chi connectivity index (χ1v) is 7.51. The van der Waals surface area contributed by atoms with E-state index in [2.05, 4.69) is 15.4 Å². The first-order chi connectivity index (χ1) is 11.1. The number of halogens is 1. The highest BCUT2D eigenvalue weighted by Gasteiger charge is 2.13.